The molecule has 2 heterocycles. The third kappa shape index (κ3) is 8.12. The highest BCUT2D eigenvalue weighted by atomic mass is 16.3. The molecule has 0 aliphatic carbocycles. The summed E-state index contributed by atoms with van der Waals surface area (Å²) in [6.07, 6.45) is 5.18. The Balaban J connectivity index is 1.85. The van der Waals surface area contributed by atoms with Crippen LogP contribution in [0.15, 0.2) is 30.3 Å². The summed E-state index contributed by atoms with van der Waals surface area (Å²) in [4.78, 5) is 52.2. The summed E-state index contributed by atoms with van der Waals surface area (Å²) >= 11 is 0. The van der Waals surface area contributed by atoms with Crippen LogP contribution in [-0.4, -0.2) is 64.5 Å². The first kappa shape index (κ1) is 30.3. The number of fused-ring (bicyclic) bond motifs is 4. The highest BCUT2D eigenvalue weighted by molar-refractivity contribution is 5.92. The molecule has 1 aromatic rings. The standard InChI is InChI=1S/C29H43N5O5/c1-17(2)25-28(38)31-20(5)29(39)34-15-9-13-23(33-34)27(37)30-19(4)22-12-8-11-21(16-22)10-6-7-14-24(35)18(3)26(36)32-25/h6,8,10-12,16-20,23-25,33,35H,7,9,13-15H2,1-5H3,(H,30,37)(H,31,38)(H,32,36)/b10-6+/t18-,19-,20?,23+,24-,25+/m1/s1. The minimum Gasteiger partial charge on any atom is -0.392 e. The number of rotatable bonds is 1. The van der Waals surface area contributed by atoms with Gasteiger partial charge < -0.3 is 21.1 Å². The maximum absolute atomic E-state index is 13.2. The number of hydrogen-bond donors (Lipinski definition) is 5. The maximum atomic E-state index is 13.2. The van der Waals surface area contributed by atoms with E-state index in [0.717, 1.165) is 11.1 Å². The Labute approximate surface area is 230 Å². The fourth-order valence-electron chi connectivity index (χ4n) is 4.79. The lowest BCUT2D eigenvalue weighted by molar-refractivity contribution is -0.143. The van der Waals surface area contributed by atoms with E-state index in [1.807, 2.05) is 43.3 Å². The number of hydrogen-bond acceptors (Lipinski definition) is 6. The van der Waals surface area contributed by atoms with Gasteiger partial charge in [-0.15, -0.1) is 0 Å². The lowest BCUT2D eigenvalue weighted by Gasteiger charge is -2.35. The lowest BCUT2D eigenvalue weighted by atomic mass is 9.96. The van der Waals surface area contributed by atoms with E-state index in [1.165, 1.54) is 5.01 Å². The average molecular weight is 542 g/mol. The van der Waals surface area contributed by atoms with Crippen molar-refractivity contribution in [1.82, 2.24) is 26.4 Å². The number of hydrazine groups is 1. The molecule has 4 bridgehead atoms. The zero-order chi connectivity index (χ0) is 28.7. The molecule has 1 unspecified atom stereocenters. The maximum Gasteiger partial charge on any atom is 0.258 e. The van der Waals surface area contributed by atoms with E-state index in [-0.39, 0.29) is 23.8 Å². The first-order valence-corrected chi connectivity index (χ1v) is 13.9. The van der Waals surface area contributed by atoms with Crippen LogP contribution in [0, 0.1) is 11.8 Å². The smallest absolute Gasteiger partial charge is 0.258 e. The fraction of sp³-hybridized carbons (Fsp3) is 0.586. The number of aliphatic hydroxyl groups excluding tert-OH is 1. The van der Waals surface area contributed by atoms with Gasteiger partial charge in [-0.3, -0.25) is 24.2 Å². The highest BCUT2D eigenvalue weighted by Gasteiger charge is 2.34. The van der Waals surface area contributed by atoms with E-state index in [0.29, 0.717) is 32.2 Å². The third-order valence-corrected chi connectivity index (χ3v) is 7.44. The molecule has 10 heteroatoms. The molecule has 10 nitrogen and oxygen atoms in total. The molecule has 5 N–H and O–H groups in total. The van der Waals surface area contributed by atoms with Crippen LogP contribution in [0.5, 0.6) is 0 Å². The molecule has 39 heavy (non-hydrogen) atoms. The van der Waals surface area contributed by atoms with E-state index in [9.17, 15) is 24.3 Å². The number of amides is 4. The zero-order valence-corrected chi connectivity index (χ0v) is 23.6. The lowest BCUT2D eigenvalue weighted by Crippen LogP contribution is -2.62. The Hall–Kier alpha value is -3.24. The summed E-state index contributed by atoms with van der Waals surface area (Å²) in [5.41, 5.74) is 4.93. The second-order valence-corrected chi connectivity index (χ2v) is 11.0. The van der Waals surface area contributed by atoms with Crippen LogP contribution in [0.25, 0.3) is 6.08 Å². The monoisotopic (exact) mass is 541 g/mol. The number of benzene rings is 1. The molecule has 4 amide bonds. The molecule has 2 aliphatic rings. The molecule has 0 spiro atoms. The molecule has 1 aromatic carbocycles. The molecule has 3 rings (SSSR count). The van der Waals surface area contributed by atoms with Crippen LogP contribution in [0.1, 0.15) is 77.5 Å². The van der Waals surface area contributed by atoms with Crippen molar-refractivity contribution < 1.29 is 24.3 Å². The number of carbonyl (C=O) groups excluding carboxylic acids is 4. The summed E-state index contributed by atoms with van der Waals surface area (Å²) in [5, 5.41) is 20.5. The predicted molar refractivity (Wildman–Crippen MR) is 149 cm³/mol. The van der Waals surface area contributed by atoms with Gasteiger partial charge in [0, 0.05) is 6.54 Å². The number of nitrogens with one attached hydrogen (secondary N) is 4. The van der Waals surface area contributed by atoms with Crippen LogP contribution >= 0.6 is 0 Å². The molecule has 6 atom stereocenters. The molecular weight excluding hydrogens is 498 g/mol. The molecule has 2 aliphatic heterocycles. The van der Waals surface area contributed by atoms with Crippen molar-refractivity contribution in [2.24, 2.45) is 11.8 Å². The Morgan fingerprint density at radius 3 is 2.36 bits per heavy atom. The van der Waals surface area contributed by atoms with Crippen molar-refractivity contribution in [1.29, 1.82) is 0 Å². The first-order chi connectivity index (χ1) is 18.5. The van der Waals surface area contributed by atoms with Gasteiger partial charge in [-0.1, -0.05) is 51.1 Å². The number of aliphatic hydroxyl groups is 1. The Morgan fingerprint density at radius 1 is 0.923 bits per heavy atom. The average Bonchev–Trinajstić information content (AvgIpc) is 2.92. The van der Waals surface area contributed by atoms with Crippen LogP contribution in [0.4, 0.5) is 0 Å². The largest absolute Gasteiger partial charge is 0.392 e. The van der Waals surface area contributed by atoms with Crippen LogP contribution in [0.2, 0.25) is 0 Å². The van der Waals surface area contributed by atoms with Gasteiger partial charge in [-0.2, -0.15) is 0 Å². The van der Waals surface area contributed by atoms with E-state index in [1.54, 1.807) is 27.7 Å². The molecule has 214 valence electrons. The first-order valence-electron chi connectivity index (χ1n) is 13.9. The predicted octanol–water partition coefficient (Wildman–Crippen LogP) is 1.81. The van der Waals surface area contributed by atoms with Crippen LogP contribution < -0.4 is 21.4 Å². The minimum absolute atomic E-state index is 0.203. The number of carbonyl (C=O) groups is 4. The summed E-state index contributed by atoms with van der Waals surface area (Å²) in [6, 6.07) is 5.26. The van der Waals surface area contributed by atoms with Crippen molar-refractivity contribution in [3.63, 3.8) is 0 Å². The van der Waals surface area contributed by atoms with Gasteiger partial charge >= 0.3 is 0 Å². The SMILES string of the molecule is CC1NC(=O)[C@H](C(C)C)NC(=O)[C@H](C)[C@H](O)CC/C=C/c2cccc(c2)[C@@H](C)NC(=O)[C@@H]2CCCN(N2)C1=O. The summed E-state index contributed by atoms with van der Waals surface area (Å²) in [5.74, 6) is -2.43. The summed E-state index contributed by atoms with van der Waals surface area (Å²) in [6.45, 7) is 9.15. The van der Waals surface area contributed by atoms with Gasteiger partial charge in [0.25, 0.3) is 5.91 Å². The van der Waals surface area contributed by atoms with Gasteiger partial charge in [-0.05, 0) is 62.6 Å². The third-order valence-electron chi connectivity index (χ3n) is 7.44. The Morgan fingerprint density at radius 2 is 1.64 bits per heavy atom. The topological polar surface area (TPSA) is 140 Å². The zero-order valence-electron chi connectivity index (χ0n) is 23.6. The highest BCUT2D eigenvalue weighted by Crippen LogP contribution is 2.18. The van der Waals surface area contributed by atoms with Crippen molar-refractivity contribution >= 4 is 29.7 Å². The molecule has 0 saturated carbocycles. The van der Waals surface area contributed by atoms with Gasteiger partial charge in [0.05, 0.1) is 18.1 Å². The number of nitrogens with zero attached hydrogens (tertiary/aromatic N) is 1. The Kier molecular flexibility index (Phi) is 10.7. The quantitative estimate of drug-likeness (QED) is 0.367. The van der Waals surface area contributed by atoms with E-state index < -0.39 is 42.0 Å². The fourth-order valence-corrected chi connectivity index (χ4v) is 4.79. The van der Waals surface area contributed by atoms with Crippen molar-refractivity contribution in [2.75, 3.05) is 6.54 Å². The summed E-state index contributed by atoms with van der Waals surface area (Å²) < 4.78 is 0. The minimum atomic E-state index is -0.886. The van der Waals surface area contributed by atoms with E-state index in [2.05, 4.69) is 21.4 Å². The molecule has 1 saturated heterocycles. The van der Waals surface area contributed by atoms with Crippen LogP contribution in [0.3, 0.4) is 0 Å². The van der Waals surface area contributed by atoms with Gasteiger partial charge in [-0.25, -0.2) is 5.43 Å². The van der Waals surface area contributed by atoms with Gasteiger partial charge in [0.15, 0.2) is 0 Å². The normalized spacial score (nSPS) is 30.9. The van der Waals surface area contributed by atoms with Crippen molar-refractivity contribution in [3.8, 4) is 0 Å². The van der Waals surface area contributed by atoms with E-state index >= 15 is 0 Å². The van der Waals surface area contributed by atoms with E-state index in [4.69, 9.17) is 0 Å². The van der Waals surface area contributed by atoms with Crippen molar-refractivity contribution in [2.45, 2.75) is 90.6 Å². The molecule has 0 radical (unpaired) electrons. The second-order valence-electron chi connectivity index (χ2n) is 11.0. The molecule has 1 fully saturated rings. The molecule has 0 aromatic heterocycles. The van der Waals surface area contributed by atoms with Gasteiger partial charge in [0.1, 0.15) is 18.1 Å². The van der Waals surface area contributed by atoms with Crippen molar-refractivity contribution in [3.05, 3.63) is 41.5 Å². The van der Waals surface area contributed by atoms with Gasteiger partial charge in [0.2, 0.25) is 17.7 Å². The second kappa shape index (κ2) is 13.7. The Bertz CT molecular complexity index is 1070. The number of allylic oxidation sites excluding steroid dienone is 1. The van der Waals surface area contributed by atoms with Crippen LogP contribution in [-0.2, 0) is 19.2 Å². The summed E-state index contributed by atoms with van der Waals surface area (Å²) in [7, 11) is 0. The molecular formula is C29H43N5O5.